The lowest BCUT2D eigenvalue weighted by atomic mass is 10.3. The first-order valence-electron chi connectivity index (χ1n) is 8.44. The second-order valence-corrected chi connectivity index (χ2v) is 7.62. The van der Waals surface area contributed by atoms with Crippen molar-refractivity contribution in [3.05, 3.63) is 45.9 Å². The van der Waals surface area contributed by atoms with Crippen LogP contribution in [-0.4, -0.2) is 52.3 Å². The molecule has 0 saturated carbocycles. The number of urea groups is 1. The van der Waals surface area contributed by atoms with Gasteiger partial charge in [-0.2, -0.15) is 5.10 Å². The summed E-state index contributed by atoms with van der Waals surface area (Å²) in [6.07, 6.45) is 0. The van der Waals surface area contributed by atoms with Gasteiger partial charge >= 0.3 is 12.0 Å². The summed E-state index contributed by atoms with van der Waals surface area (Å²) in [5.41, 5.74) is 1.59. The Morgan fingerprint density at radius 3 is 2.75 bits per heavy atom. The lowest BCUT2D eigenvalue weighted by molar-refractivity contribution is -0.130. The topological polar surface area (TPSA) is 93.5 Å². The summed E-state index contributed by atoms with van der Waals surface area (Å²) < 4.78 is 6.84. The van der Waals surface area contributed by atoms with E-state index in [4.69, 9.17) is 16.3 Å². The van der Waals surface area contributed by atoms with Gasteiger partial charge in [-0.1, -0.05) is 11.6 Å². The van der Waals surface area contributed by atoms with Gasteiger partial charge < -0.3 is 10.1 Å². The summed E-state index contributed by atoms with van der Waals surface area (Å²) >= 11 is 7.17. The molecular formula is C18H15ClN4O4S. The number of halogens is 1. The van der Waals surface area contributed by atoms with Crippen molar-refractivity contribution in [2.75, 3.05) is 19.7 Å². The van der Waals surface area contributed by atoms with Gasteiger partial charge in [-0.3, -0.25) is 9.69 Å². The fraction of sp³-hybridized carbons (Fsp3) is 0.222. The summed E-state index contributed by atoms with van der Waals surface area (Å²) in [5.74, 6) is -1.16. The molecule has 28 heavy (non-hydrogen) atoms. The van der Waals surface area contributed by atoms with Crippen molar-refractivity contribution >= 4 is 51.1 Å². The van der Waals surface area contributed by atoms with E-state index in [-0.39, 0.29) is 6.54 Å². The molecule has 1 N–H and O–H groups in total. The van der Waals surface area contributed by atoms with Crippen LogP contribution in [0.15, 0.2) is 30.3 Å². The molecule has 0 atom stereocenters. The number of thiophene rings is 1. The zero-order valence-electron chi connectivity index (χ0n) is 14.8. The maximum absolute atomic E-state index is 12.4. The van der Waals surface area contributed by atoms with Crippen molar-refractivity contribution in [3.63, 3.8) is 0 Å². The Bertz CT molecular complexity index is 1090. The molecule has 144 valence electrons. The number of esters is 1. The van der Waals surface area contributed by atoms with Crippen molar-refractivity contribution in [2.24, 2.45) is 0 Å². The molecule has 3 aromatic rings. The molecule has 10 heteroatoms. The fourth-order valence-corrected chi connectivity index (χ4v) is 4.09. The van der Waals surface area contributed by atoms with Crippen LogP contribution in [0.3, 0.4) is 0 Å². The van der Waals surface area contributed by atoms with Gasteiger partial charge in [0, 0.05) is 23.5 Å². The van der Waals surface area contributed by atoms with E-state index in [2.05, 4.69) is 10.4 Å². The molecule has 4 rings (SSSR count). The highest BCUT2D eigenvalue weighted by atomic mass is 35.5. The van der Waals surface area contributed by atoms with Crippen molar-refractivity contribution in [1.82, 2.24) is 20.0 Å². The normalized spacial score (nSPS) is 13.8. The minimum absolute atomic E-state index is 0.272. The van der Waals surface area contributed by atoms with E-state index in [1.807, 2.05) is 19.1 Å². The van der Waals surface area contributed by atoms with Gasteiger partial charge in [-0.15, -0.1) is 11.3 Å². The smallest absolute Gasteiger partial charge is 0.348 e. The average molecular weight is 419 g/mol. The Balaban J connectivity index is 1.53. The van der Waals surface area contributed by atoms with Crippen LogP contribution in [0, 0.1) is 6.92 Å². The highest BCUT2D eigenvalue weighted by molar-refractivity contribution is 7.20. The van der Waals surface area contributed by atoms with E-state index < -0.39 is 24.5 Å². The minimum Gasteiger partial charge on any atom is -0.451 e. The van der Waals surface area contributed by atoms with Gasteiger partial charge in [-0.05, 0) is 37.3 Å². The zero-order valence-corrected chi connectivity index (χ0v) is 16.3. The van der Waals surface area contributed by atoms with Gasteiger partial charge in [0.25, 0.3) is 5.91 Å². The van der Waals surface area contributed by atoms with Crippen molar-refractivity contribution in [1.29, 1.82) is 0 Å². The molecule has 0 spiro atoms. The van der Waals surface area contributed by atoms with E-state index >= 15 is 0 Å². The molecule has 1 aliphatic rings. The molecule has 0 unspecified atom stereocenters. The number of hydrogen-bond acceptors (Lipinski definition) is 6. The number of nitrogens with zero attached hydrogens (tertiary/aromatic N) is 3. The fourth-order valence-electron chi connectivity index (χ4n) is 2.89. The number of aromatic nitrogens is 2. The quantitative estimate of drug-likeness (QED) is 0.657. The number of hydrogen-bond donors (Lipinski definition) is 1. The Morgan fingerprint density at radius 1 is 1.32 bits per heavy atom. The SMILES string of the molecule is Cc1nn(-c2ccc(Cl)cc2)c2sc(C(=O)OCC(=O)N3CCNC3=O)cc12. The molecule has 0 aliphatic carbocycles. The van der Waals surface area contributed by atoms with E-state index in [1.54, 1.807) is 22.9 Å². The average Bonchev–Trinajstić information content (AvgIpc) is 3.37. The highest BCUT2D eigenvalue weighted by Crippen LogP contribution is 2.31. The number of carbonyl (C=O) groups excluding carboxylic acids is 3. The Morgan fingerprint density at radius 2 is 2.07 bits per heavy atom. The summed E-state index contributed by atoms with van der Waals surface area (Å²) in [6.45, 7) is 2.04. The second-order valence-electron chi connectivity index (χ2n) is 6.16. The van der Waals surface area contributed by atoms with Crippen LogP contribution in [0.1, 0.15) is 15.4 Å². The van der Waals surface area contributed by atoms with Gasteiger partial charge in [-0.25, -0.2) is 14.3 Å². The molecule has 8 nitrogen and oxygen atoms in total. The number of carbonyl (C=O) groups is 3. The van der Waals surface area contributed by atoms with Crippen LogP contribution >= 0.6 is 22.9 Å². The zero-order chi connectivity index (χ0) is 19.8. The van der Waals surface area contributed by atoms with Crippen LogP contribution in [0.2, 0.25) is 5.02 Å². The summed E-state index contributed by atoms with van der Waals surface area (Å²) in [6, 6.07) is 8.44. The Hall–Kier alpha value is -2.91. The van der Waals surface area contributed by atoms with Crippen LogP contribution in [-0.2, 0) is 9.53 Å². The number of ether oxygens (including phenoxy) is 1. The number of fused-ring (bicyclic) bond motifs is 1. The third-order valence-corrected chi connectivity index (χ3v) is 5.64. The minimum atomic E-state index is -0.615. The number of amides is 3. The third-order valence-electron chi connectivity index (χ3n) is 4.30. The molecular weight excluding hydrogens is 404 g/mol. The number of imide groups is 1. The molecule has 2 aromatic heterocycles. The first-order valence-corrected chi connectivity index (χ1v) is 9.64. The Labute approximate surface area is 168 Å². The van der Waals surface area contributed by atoms with E-state index in [0.29, 0.717) is 16.4 Å². The standard InChI is InChI=1S/C18H15ClN4O4S/c1-10-13-8-14(17(25)27-9-15(24)22-7-6-20-18(22)26)28-16(13)23(21-10)12-4-2-11(19)3-5-12/h2-5,8H,6-7,9H2,1H3,(H,20,26). The number of benzene rings is 1. The highest BCUT2D eigenvalue weighted by Gasteiger charge is 2.27. The van der Waals surface area contributed by atoms with Gasteiger partial charge in [0.05, 0.1) is 11.4 Å². The molecule has 1 fully saturated rings. The van der Waals surface area contributed by atoms with E-state index in [0.717, 1.165) is 26.5 Å². The number of aryl methyl sites for hydroxylation is 1. The van der Waals surface area contributed by atoms with Gasteiger partial charge in [0.2, 0.25) is 0 Å². The van der Waals surface area contributed by atoms with Crippen molar-refractivity contribution in [2.45, 2.75) is 6.92 Å². The van der Waals surface area contributed by atoms with Crippen molar-refractivity contribution in [3.8, 4) is 5.69 Å². The third kappa shape index (κ3) is 3.34. The van der Waals surface area contributed by atoms with Crippen LogP contribution in [0.25, 0.3) is 15.9 Å². The van der Waals surface area contributed by atoms with Gasteiger partial charge in [0.1, 0.15) is 9.71 Å². The molecule has 3 heterocycles. The maximum atomic E-state index is 12.4. The molecule has 0 bridgehead atoms. The molecule has 1 aromatic carbocycles. The largest absolute Gasteiger partial charge is 0.451 e. The first kappa shape index (κ1) is 18.5. The lowest BCUT2D eigenvalue weighted by Crippen LogP contribution is -2.37. The van der Waals surface area contributed by atoms with E-state index in [1.165, 1.54) is 11.3 Å². The van der Waals surface area contributed by atoms with E-state index in [9.17, 15) is 14.4 Å². The second kappa shape index (κ2) is 7.25. The predicted octanol–water partition coefficient (Wildman–Crippen LogP) is 2.76. The summed E-state index contributed by atoms with van der Waals surface area (Å²) in [7, 11) is 0. The maximum Gasteiger partial charge on any atom is 0.348 e. The molecule has 3 amide bonds. The lowest BCUT2D eigenvalue weighted by Gasteiger charge is -2.11. The van der Waals surface area contributed by atoms with Gasteiger partial charge in [0.15, 0.2) is 6.61 Å². The molecule has 1 saturated heterocycles. The van der Waals surface area contributed by atoms with Crippen LogP contribution in [0.5, 0.6) is 0 Å². The Kier molecular flexibility index (Phi) is 4.78. The van der Waals surface area contributed by atoms with Crippen molar-refractivity contribution < 1.29 is 19.1 Å². The van der Waals surface area contributed by atoms with Crippen LogP contribution in [0.4, 0.5) is 4.79 Å². The number of rotatable bonds is 4. The van der Waals surface area contributed by atoms with Crippen LogP contribution < -0.4 is 5.32 Å². The molecule has 0 radical (unpaired) electrons. The molecule has 1 aliphatic heterocycles. The summed E-state index contributed by atoms with van der Waals surface area (Å²) in [5, 5.41) is 8.49. The summed E-state index contributed by atoms with van der Waals surface area (Å²) in [4.78, 5) is 38.0. The first-order chi connectivity index (χ1) is 13.4. The predicted molar refractivity (Wildman–Crippen MR) is 104 cm³/mol. The monoisotopic (exact) mass is 418 g/mol. The number of nitrogens with one attached hydrogen (secondary N) is 1.